The van der Waals surface area contributed by atoms with Crippen molar-refractivity contribution in [3.63, 3.8) is 0 Å². The molecule has 0 radical (unpaired) electrons. The summed E-state index contributed by atoms with van der Waals surface area (Å²) in [6, 6.07) is 0. The minimum atomic E-state index is -3.29. The normalized spacial score (nSPS) is 17.2. The molecular weight excluding hydrogens is 533 g/mol. The van der Waals surface area contributed by atoms with Gasteiger partial charge in [-0.05, 0) is 48.2 Å². The van der Waals surface area contributed by atoms with Crippen molar-refractivity contribution in [1.29, 1.82) is 0 Å². The lowest BCUT2D eigenvalue weighted by atomic mass is 10.2. The van der Waals surface area contributed by atoms with E-state index in [1.807, 2.05) is 27.7 Å². The molecule has 1 atom stereocenters. The molecule has 0 aromatic carbocycles. The third-order valence-corrected chi connectivity index (χ3v) is 6.64. The van der Waals surface area contributed by atoms with Crippen LogP contribution >= 0.6 is 24.0 Å². The first kappa shape index (κ1) is 30.8. The second-order valence-electron chi connectivity index (χ2n) is 7.99. The van der Waals surface area contributed by atoms with Gasteiger partial charge in [0.2, 0.25) is 10.0 Å². The van der Waals surface area contributed by atoms with Crippen LogP contribution in [0.3, 0.4) is 0 Å². The fourth-order valence-corrected chi connectivity index (χ4v) is 4.46. The number of halogens is 1. The molecule has 0 aromatic heterocycles. The zero-order chi connectivity index (χ0) is 22.6. The van der Waals surface area contributed by atoms with Crippen LogP contribution in [0.4, 0.5) is 0 Å². The maximum Gasteiger partial charge on any atom is 0.216 e. The molecule has 0 amide bonds. The number of ether oxygens (including phenoxy) is 2. The zero-order valence-corrected chi connectivity index (χ0v) is 23.3. The van der Waals surface area contributed by atoms with E-state index < -0.39 is 10.0 Å². The monoisotopic (exact) mass is 577 g/mol. The summed E-state index contributed by atoms with van der Waals surface area (Å²) >= 11 is 0. The molecule has 1 aliphatic heterocycles. The van der Waals surface area contributed by atoms with Crippen LogP contribution in [0.5, 0.6) is 0 Å². The summed E-state index contributed by atoms with van der Waals surface area (Å²) in [5, 5.41) is 3.34. The van der Waals surface area contributed by atoms with Gasteiger partial charge in [0, 0.05) is 45.9 Å². The molecule has 1 rings (SSSR count). The van der Waals surface area contributed by atoms with Crippen LogP contribution in [0, 0.1) is 0 Å². The van der Waals surface area contributed by atoms with Gasteiger partial charge in [0.25, 0.3) is 0 Å². The van der Waals surface area contributed by atoms with Crippen molar-refractivity contribution in [3.8, 4) is 0 Å². The Labute approximate surface area is 207 Å². The van der Waals surface area contributed by atoms with Crippen LogP contribution in [-0.2, 0) is 19.5 Å². The van der Waals surface area contributed by atoms with E-state index in [9.17, 15) is 8.42 Å². The molecule has 1 N–H and O–H groups in total. The van der Waals surface area contributed by atoms with E-state index in [1.54, 1.807) is 4.31 Å². The summed E-state index contributed by atoms with van der Waals surface area (Å²) in [5.41, 5.74) is 0. The Morgan fingerprint density at radius 1 is 1.13 bits per heavy atom. The number of aliphatic imine (C=N–C) groups is 1. The van der Waals surface area contributed by atoms with E-state index in [2.05, 4.69) is 29.2 Å². The smallest absolute Gasteiger partial charge is 0.216 e. The SMILES string of the molecule is CCNC(=NCC(CCN(C)C)OCC)N1CCN(S(=O)(=O)CCOC(C)C)CC1.I. The van der Waals surface area contributed by atoms with Crippen molar-refractivity contribution in [2.24, 2.45) is 4.99 Å². The largest absolute Gasteiger partial charge is 0.378 e. The maximum absolute atomic E-state index is 12.5. The summed E-state index contributed by atoms with van der Waals surface area (Å²) in [5.74, 6) is 0.855. The van der Waals surface area contributed by atoms with Gasteiger partial charge >= 0.3 is 0 Å². The zero-order valence-electron chi connectivity index (χ0n) is 20.2. The number of piperazine rings is 1. The van der Waals surface area contributed by atoms with Crippen molar-refractivity contribution in [2.75, 3.05) is 78.9 Å². The molecule has 9 nitrogen and oxygen atoms in total. The molecule has 186 valence electrons. The molecule has 1 aliphatic rings. The lowest BCUT2D eigenvalue weighted by molar-refractivity contribution is 0.0580. The van der Waals surface area contributed by atoms with Crippen molar-refractivity contribution < 1.29 is 17.9 Å². The highest BCUT2D eigenvalue weighted by molar-refractivity contribution is 14.0. The van der Waals surface area contributed by atoms with Crippen LogP contribution in [0.25, 0.3) is 0 Å². The second-order valence-corrected chi connectivity index (χ2v) is 10.1. The number of rotatable bonds is 13. The summed E-state index contributed by atoms with van der Waals surface area (Å²) in [7, 11) is 0.817. The van der Waals surface area contributed by atoms with Crippen molar-refractivity contribution in [3.05, 3.63) is 0 Å². The van der Waals surface area contributed by atoms with Gasteiger partial charge in [-0.15, -0.1) is 24.0 Å². The van der Waals surface area contributed by atoms with Crippen LogP contribution < -0.4 is 5.32 Å². The number of hydrogen-bond acceptors (Lipinski definition) is 6. The van der Waals surface area contributed by atoms with E-state index in [4.69, 9.17) is 14.5 Å². The quantitative estimate of drug-likeness (QED) is 0.201. The molecule has 0 spiro atoms. The van der Waals surface area contributed by atoms with E-state index in [0.717, 1.165) is 25.5 Å². The molecule has 31 heavy (non-hydrogen) atoms. The van der Waals surface area contributed by atoms with Gasteiger partial charge in [0.05, 0.1) is 31.1 Å². The van der Waals surface area contributed by atoms with Gasteiger partial charge in [-0.2, -0.15) is 4.31 Å². The molecule has 1 fully saturated rings. The van der Waals surface area contributed by atoms with Gasteiger partial charge in [-0.1, -0.05) is 0 Å². The minimum absolute atomic E-state index is 0. The Bertz CT molecular complexity index is 596. The highest BCUT2D eigenvalue weighted by atomic mass is 127. The first-order chi connectivity index (χ1) is 14.2. The van der Waals surface area contributed by atoms with Crippen molar-refractivity contribution in [2.45, 2.75) is 46.3 Å². The molecule has 0 aromatic rings. The average Bonchev–Trinajstić information content (AvgIpc) is 2.68. The van der Waals surface area contributed by atoms with E-state index >= 15 is 0 Å². The third kappa shape index (κ3) is 12.6. The summed E-state index contributed by atoms with van der Waals surface area (Å²) < 4.78 is 37.9. The second kappa shape index (κ2) is 16.4. The van der Waals surface area contributed by atoms with Gasteiger partial charge in [-0.3, -0.25) is 4.99 Å². The van der Waals surface area contributed by atoms with Crippen LogP contribution in [0.15, 0.2) is 4.99 Å². The summed E-state index contributed by atoms with van der Waals surface area (Å²) in [4.78, 5) is 9.07. The van der Waals surface area contributed by atoms with Crippen LogP contribution in [0.1, 0.15) is 34.1 Å². The number of hydrogen-bond donors (Lipinski definition) is 1. The Balaban J connectivity index is 0.00000900. The van der Waals surface area contributed by atoms with Gasteiger partial charge in [-0.25, -0.2) is 8.42 Å². The lowest BCUT2D eigenvalue weighted by Gasteiger charge is -2.36. The Morgan fingerprint density at radius 2 is 1.77 bits per heavy atom. The standard InChI is InChI=1S/C20H43N5O4S.HI/c1-7-21-20(22-17-19(28-8-2)9-10-23(5)6)24-11-13-25(14-12-24)30(26,27)16-15-29-18(3)4;/h18-19H,7-17H2,1-6H3,(H,21,22);1H. The predicted octanol–water partition coefficient (Wildman–Crippen LogP) is 1.30. The Kier molecular flexibility index (Phi) is 16.3. The summed E-state index contributed by atoms with van der Waals surface area (Å²) in [6.07, 6.45) is 1.04. The first-order valence-electron chi connectivity index (χ1n) is 11.1. The lowest BCUT2D eigenvalue weighted by Crippen LogP contribution is -2.54. The Hall–Kier alpha value is -0.210. The molecule has 1 heterocycles. The van der Waals surface area contributed by atoms with Crippen LogP contribution in [-0.4, -0.2) is 120 Å². The summed E-state index contributed by atoms with van der Waals surface area (Å²) in [6.45, 7) is 13.2. The minimum Gasteiger partial charge on any atom is -0.378 e. The molecule has 11 heteroatoms. The highest BCUT2D eigenvalue weighted by Gasteiger charge is 2.28. The molecule has 1 saturated heterocycles. The maximum atomic E-state index is 12.5. The number of sulfonamides is 1. The molecule has 0 saturated carbocycles. The molecule has 1 unspecified atom stereocenters. The fourth-order valence-electron chi connectivity index (χ4n) is 3.18. The van der Waals surface area contributed by atoms with E-state index in [1.165, 1.54) is 0 Å². The van der Waals surface area contributed by atoms with Gasteiger partial charge in [0.15, 0.2) is 5.96 Å². The molecule has 0 aliphatic carbocycles. The molecule has 0 bridgehead atoms. The fraction of sp³-hybridized carbons (Fsp3) is 0.950. The number of guanidine groups is 1. The average molecular weight is 578 g/mol. The topological polar surface area (TPSA) is 86.7 Å². The highest BCUT2D eigenvalue weighted by Crippen LogP contribution is 2.10. The predicted molar refractivity (Wildman–Crippen MR) is 138 cm³/mol. The van der Waals surface area contributed by atoms with E-state index in [0.29, 0.717) is 39.3 Å². The number of nitrogens with one attached hydrogen (secondary N) is 1. The Morgan fingerprint density at radius 3 is 2.29 bits per heavy atom. The van der Waals surface area contributed by atoms with Gasteiger partial charge in [0.1, 0.15) is 0 Å². The molecular formula is C20H44IN5O4S. The number of nitrogens with zero attached hydrogens (tertiary/aromatic N) is 4. The van der Waals surface area contributed by atoms with Crippen molar-refractivity contribution in [1.82, 2.24) is 19.4 Å². The van der Waals surface area contributed by atoms with E-state index in [-0.39, 0.29) is 48.5 Å². The van der Waals surface area contributed by atoms with Gasteiger partial charge < -0.3 is 24.6 Å². The third-order valence-electron chi connectivity index (χ3n) is 4.80. The first-order valence-corrected chi connectivity index (χ1v) is 12.7. The van der Waals surface area contributed by atoms with Crippen LogP contribution in [0.2, 0.25) is 0 Å². The van der Waals surface area contributed by atoms with Crippen molar-refractivity contribution >= 4 is 40.0 Å².